The van der Waals surface area contributed by atoms with Crippen LogP contribution in [0.3, 0.4) is 0 Å². The zero-order chi connectivity index (χ0) is 23.3. The predicted octanol–water partition coefficient (Wildman–Crippen LogP) is 6.01. The van der Waals surface area contributed by atoms with E-state index >= 15 is 0 Å². The van der Waals surface area contributed by atoms with Crippen LogP contribution in [0.4, 0.5) is 13.2 Å². The number of rotatable bonds is 6. The van der Waals surface area contributed by atoms with Crippen molar-refractivity contribution in [1.29, 1.82) is 0 Å². The van der Waals surface area contributed by atoms with Crippen molar-refractivity contribution in [2.75, 3.05) is 0 Å². The Hall–Kier alpha value is -3.78. The third kappa shape index (κ3) is 5.67. The minimum atomic E-state index is -4.62. The van der Waals surface area contributed by atoms with Crippen LogP contribution in [0.15, 0.2) is 78.5 Å². The number of alkyl halides is 3. The van der Waals surface area contributed by atoms with E-state index < -0.39 is 28.6 Å². The van der Waals surface area contributed by atoms with Crippen molar-refractivity contribution in [3.8, 4) is 11.5 Å². The van der Waals surface area contributed by atoms with E-state index in [1.807, 2.05) is 0 Å². The molecule has 2 N–H and O–H groups in total. The summed E-state index contributed by atoms with van der Waals surface area (Å²) in [6.07, 6.45) is -3.38. The molecule has 0 bridgehead atoms. The molecule has 5 nitrogen and oxygen atoms in total. The fourth-order valence-corrected chi connectivity index (χ4v) is 2.94. The minimum Gasteiger partial charge on any atom is -0.477 e. The monoisotopic (exact) mass is 461 g/mol. The molecule has 0 aliphatic heterocycles. The van der Waals surface area contributed by atoms with Gasteiger partial charge in [0, 0.05) is 5.56 Å². The molecule has 0 atom stereocenters. The molecule has 32 heavy (non-hydrogen) atoms. The molecule has 0 heterocycles. The summed E-state index contributed by atoms with van der Waals surface area (Å²) in [6.45, 7) is 0. The Bertz CT molecular complexity index is 1160. The van der Waals surface area contributed by atoms with Gasteiger partial charge in [-0.3, -0.25) is 4.79 Å². The summed E-state index contributed by atoms with van der Waals surface area (Å²) in [5, 5.41) is 11.1. The zero-order valence-corrected chi connectivity index (χ0v) is 16.9. The van der Waals surface area contributed by atoms with Crippen molar-refractivity contribution in [3.05, 3.63) is 100 Å². The van der Waals surface area contributed by atoms with Gasteiger partial charge in [-0.1, -0.05) is 48.0 Å². The first-order valence-electron chi connectivity index (χ1n) is 9.10. The second-order valence-electron chi connectivity index (χ2n) is 6.47. The maximum atomic E-state index is 13.0. The molecular weight excluding hydrogens is 447 g/mol. The van der Waals surface area contributed by atoms with Crippen LogP contribution < -0.4 is 10.1 Å². The number of ether oxygens (including phenoxy) is 1. The lowest BCUT2D eigenvalue weighted by Gasteiger charge is -2.13. The molecule has 0 fully saturated rings. The standard InChI is InChI=1S/C23H15ClF3NO4/c24-20-17(23(25,26)27)7-4-8-19(20)32-16-11-9-14(10-12-16)13-18(22(30)31)28-21(29)15-5-2-1-3-6-15/h1-13H,(H,28,29)(H,30,31)/b18-13+. The summed E-state index contributed by atoms with van der Waals surface area (Å²) in [7, 11) is 0. The molecule has 0 aromatic heterocycles. The Balaban J connectivity index is 1.78. The van der Waals surface area contributed by atoms with E-state index in [4.69, 9.17) is 16.3 Å². The highest BCUT2D eigenvalue weighted by molar-refractivity contribution is 6.32. The summed E-state index contributed by atoms with van der Waals surface area (Å²) >= 11 is 5.82. The average molecular weight is 462 g/mol. The lowest BCUT2D eigenvalue weighted by atomic mass is 10.1. The Morgan fingerprint density at radius 3 is 2.19 bits per heavy atom. The van der Waals surface area contributed by atoms with Crippen LogP contribution in [0.5, 0.6) is 11.5 Å². The second kappa shape index (κ2) is 9.57. The number of halogens is 4. The van der Waals surface area contributed by atoms with Crippen LogP contribution in [0.2, 0.25) is 5.02 Å². The van der Waals surface area contributed by atoms with Gasteiger partial charge < -0.3 is 15.2 Å². The molecule has 3 aromatic carbocycles. The number of nitrogens with one attached hydrogen (secondary N) is 1. The number of amides is 1. The summed E-state index contributed by atoms with van der Waals surface area (Å²) < 4.78 is 44.4. The zero-order valence-electron chi connectivity index (χ0n) is 16.2. The lowest BCUT2D eigenvalue weighted by Crippen LogP contribution is -2.27. The molecule has 164 valence electrons. The largest absolute Gasteiger partial charge is 0.477 e. The molecule has 0 saturated carbocycles. The van der Waals surface area contributed by atoms with Crippen molar-refractivity contribution in [3.63, 3.8) is 0 Å². The quantitative estimate of drug-likeness (QED) is 0.441. The number of hydrogen-bond acceptors (Lipinski definition) is 3. The minimum absolute atomic E-state index is 0.175. The van der Waals surface area contributed by atoms with Gasteiger partial charge >= 0.3 is 12.1 Å². The summed E-state index contributed by atoms with van der Waals surface area (Å²) in [4.78, 5) is 23.7. The van der Waals surface area contributed by atoms with Crippen LogP contribution in [-0.4, -0.2) is 17.0 Å². The normalized spacial score (nSPS) is 11.7. The number of benzene rings is 3. The van der Waals surface area contributed by atoms with Gasteiger partial charge in [-0.15, -0.1) is 0 Å². The van der Waals surface area contributed by atoms with E-state index in [1.54, 1.807) is 30.3 Å². The number of carbonyl (C=O) groups excluding carboxylic acids is 1. The third-order valence-corrected chi connectivity index (χ3v) is 4.59. The van der Waals surface area contributed by atoms with Gasteiger partial charge in [0.1, 0.15) is 17.2 Å². The molecule has 0 aliphatic carbocycles. The van der Waals surface area contributed by atoms with Gasteiger partial charge in [-0.25, -0.2) is 4.79 Å². The van der Waals surface area contributed by atoms with Crippen molar-refractivity contribution in [1.82, 2.24) is 5.32 Å². The highest BCUT2D eigenvalue weighted by Gasteiger charge is 2.34. The first-order valence-corrected chi connectivity index (χ1v) is 9.48. The number of carbonyl (C=O) groups is 2. The average Bonchev–Trinajstić information content (AvgIpc) is 2.75. The van der Waals surface area contributed by atoms with Gasteiger partial charge in [-0.2, -0.15) is 13.2 Å². The maximum absolute atomic E-state index is 13.0. The van der Waals surface area contributed by atoms with Crippen LogP contribution in [-0.2, 0) is 11.0 Å². The fraction of sp³-hybridized carbons (Fsp3) is 0.0435. The summed E-state index contributed by atoms with van der Waals surface area (Å²) in [6, 6.07) is 17.2. The van der Waals surface area contributed by atoms with Gasteiger partial charge in [0.2, 0.25) is 0 Å². The number of carboxylic acids is 1. The topological polar surface area (TPSA) is 75.6 Å². The molecule has 9 heteroatoms. The molecule has 0 aliphatic rings. The predicted molar refractivity (Wildman–Crippen MR) is 112 cm³/mol. The second-order valence-corrected chi connectivity index (χ2v) is 6.85. The molecule has 1 amide bonds. The number of hydrogen-bond donors (Lipinski definition) is 2. The highest BCUT2D eigenvalue weighted by atomic mass is 35.5. The Kier molecular flexibility index (Phi) is 6.85. The third-order valence-electron chi connectivity index (χ3n) is 4.20. The molecule has 0 unspecified atom stereocenters. The van der Waals surface area contributed by atoms with E-state index in [0.29, 0.717) is 11.1 Å². The van der Waals surface area contributed by atoms with E-state index in [1.165, 1.54) is 42.5 Å². The van der Waals surface area contributed by atoms with Gasteiger partial charge in [0.15, 0.2) is 0 Å². The molecule has 0 saturated heterocycles. The fourth-order valence-electron chi connectivity index (χ4n) is 2.67. The van der Waals surface area contributed by atoms with E-state index in [0.717, 1.165) is 6.07 Å². The lowest BCUT2D eigenvalue weighted by molar-refractivity contribution is -0.137. The van der Waals surface area contributed by atoms with Crippen molar-refractivity contribution in [2.45, 2.75) is 6.18 Å². The van der Waals surface area contributed by atoms with Gasteiger partial charge in [0.25, 0.3) is 5.91 Å². The molecular formula is C23H15ClF3NO4. The Morgan fingerprint density at radius 1 is 0.938 bits per heavy atom. The van der Waals surface area contributed by atoms with Crippen molar-refractivity contribution < 1.29 is 32.6 Å². The van der Waals surface area contributed by atoms with E-state index in [9.17, 15) is 27.9 Å². The first kappa shape index (κ1) is 22.9. The highest BCUT2D eigenvalue weighted by Crippen LogP contribution is 2.40. The molecule has 3 rings (SSSR count). The Labute approximate surface area is 185 Å². The molecule has 3 aromatic rings. The van der Waals surface area contributed by atoms with Crippen molar-refractivity contribution >= 4 is 29.6 Å². The molecule has 0 radical (unpaired) electrons. The summed E-state index contributed by atoms with van der Waals surface area (Å²) in [5.74, 6) is -1.91. The van der Waals surface area contributed by atoms with Crippen LogP contribution in [0.25, 0.3) is 6.08 Å². The van der Waals surface area contributed by atoms with E-state index in [2.05, 4.69) is 5.32 Å². The molecule has 0 spiro atoms. The maximum Gasteiger partial charge on any atom is 0.417 e. The van der Waals surface area contributed by atoms with Crippen LogP contribution in [0, 0.1) is 0 Å². The summed E-state index contributed by atoms with van der Waals surface area (Å²) in [5.41, 5.74) is -0.662. The number of carboxylic acid groups (broad SMARTS) is 1. The van der Waals surface area contributed by atoms with Crippen LogP contribution >= 0.6 is 11.6 Å². The van der Waals surface area contributed by atoms with E-state index in [-0.39, 0.29) is 17.2 Å². The van der Waals surface area contributed by atoms with Gasteiger partial charge in [-0.05, 0) is 48.0 Å². The van der Waals surface area contributed by atoms with Gasteiger partial charge in [0.05, 0.1) is 10.6 Å². The number of aliphatic carboxylic acids is 1. The van der Waals surface area contributed by atoms with Crippen LogP contribution in [0.1, 0.15) is 21.5 Å². The van der Waals surface area contributed by atoms with Crippen molar-refractivity contribution in [2.24, 2.45) is 0 Å². The smallest absolute Gasteiger partial charge is 0.417 e. The first-order chi connectivity index (χ1) is 15.1. The SMILES string of the molecule is O=C(O)/C(=C\c1ccc(Oc2cccc(C(F)(F)F)c2Cl)cc1)NC(=O)c1ccccc1. The Morgan fingerprint density at radius 2 is 1.59 bits per heavy atom.